The molecular formula is C11H13ClN2O2. The van der Waals surface area contributed by atoms with E-state index in [2.05, 4.69) is 4.98 Å². The van der Waals surface area contributed by atoms with Gasteiger partial charge in [-0.25, -0.2) is 0 Å². The van der Waals surface area contributed by atoms with Crippen molar-refractivity contribution < 1.29 is 9.53 Å². The van der Waals surface area contributed by atoms with E-state index >= 15 is 0 Å². The molecule has 1 atom stereocenters. The van der Waals surface area contributed by atoms with E-state index in [-0.39, 0.29) is 12.0 Å². The molecule has 0 saturated carbocycles. The van der Waals surface area contributed by atoms with Gasteiger partial charge in [0, 0.05) is 25.5 Å². The van der Waals surface area contributed by atoms with Gasteiger partial charge in [-0.1, -0.05) is 11.6 Å². The molecule has 1 aliphatic rings. The summed E-state index contributed by atoms with van der Waals surface area (Å²) in [6, 6.07) is 1.64. The Balaban J connectivity index is 2.16. The molecule has 4 nitrogen and oxygen atoms in total. The van der Waals surface area contributed by atoms with Crippen molar-refractivity contribution in [3.8, 4) is 0 Å². The highest BCUT2D eigenvalue weighted by molar-refractivity contribution is 6.33. The van der Waals surface area contributed by atoms with E-state index in [1.54, 1.807) is 17.2 Å². The SMILES string of the molecule is CC1CN(C(=O)c2ccncc2Cl)CCO1. The van der Waals surface area contributed by atoms with Gasteiger partial charge in [0.05, 0.1) is 23.3 Å². The summed E-state index contributed by atoms with van der Waals surface area (Å²) in [5.41, 5.74) is 0.505. The smallest absolute Gasteiger partial charge is 0.255 e. The predicted molar refractivity (Wildman–Crippen MR) is 60.6 cm³/mol. The molecule has 1 aromatic heterocycles. The minimum absolute atomic E-state index is 0.0532. The van der Waals surface area contributed by atoms with Crippen LogP contribution in [0.25, 0.3) is 0 Å². The lowest BCUT2D eigenvalue weighted by atomic mass is 10.2. The lowest BCUT2D eigenvalue weighted by Gasteiger charge is -2.31. The third kappa shape index (κ3) is 2.33. The minimum Gasteiger partial charge on any atom is -0.375 e. The monoisotopic (exact) mass is 240 g/mol. The van der Waals surface area contributed by atoms with E-state index in [0.29, 0.717) is 30.3 Å². The van der Waals surface area contributed by atoms with E-state index < -0.39 is 0 Å². The van der Waals surface area contributed by atoms with Crippen molar-refractivity contribution in [1.29, 1.82) is 0 Å². The Kier molecular flexibility index (Phi) is 3.41. The van der Waals surface area contributed by atoms with Gasteiger partial charge in [-0.05, 0) is 13.0 Å². The number of morpholine rings is 1. The van der Waals surface area contributed by atoms with E-state index in [1.807, 2.05) is 6.92 Å². The fourth-order valence-corrected chi connectivity index (χ4v) is 1.92. The van der Waals surface area contributed by atoms with Crippen LogP contribution >= 0.6 is 11.6 Å². The van der Waals surface area contributed by atoms with Crippen molar-refractivity contribution in [3.05, 3.63) is 29.0 Å². The summed E-state index contributed by atoms with van der Waals surface area (Å²) in [6.07, 6.45) is 3.14. The summed E-state index contributed by atoms with van der Waals surface area (Å²) in [5.74, 6) is -0.0532. The number of rotatable bonds is 1. The maximum Gasteiger partial charge on any atom is 0.255 e. The van der Waals surface area contributed by atoms with Crippen molar-refractivity contribution in [1.82, 2.24) is 9.88 Å². The average Bonchev–Trinajstić information content (AvgIpc) is 2.29. The van der Waals surface area contributed by atoms with Gasteiger partial charge < -0.3 is 9.64 Å². The quantitative estimate of drug-likeness (QED) is 0.749. The highest BCUT2D eigenvalue weighted by Gasteiger charge is 2.23. The zero-order valence-electron chi connectivity index (χ0n) is 9.02. The molecule has 0 aromatic carbocycles. The molecule has 0 aliphatic carbocycles. The van der Waals surface area contributed by atoms with Crippen LogP contribution in [0, 0.1) is 0 Å². The second kappa shape index (κ2) is 4.80. The summed E-state index contributed by atoms with van der Waals surface area (Å²) in [7, 11) is 0. The van der Waals surface area contributed by atoms with E-state index in [0.717, 1.165) is 0 Å². The molecule has 1 saturated heterocycles. The number of aromatic nitrogens is 1. The van der Waals surface area contributed by atoms with Crippen molar-refractivity contribution in [3.63, 3.8) is 0 Å². The van der Waals surface area contributed by atoms with Gasteiger partial charge in [-0.3, -0.25) is 9.78 Å². The zero-order valence-corrected chi connectivity index (χ0v) is 9.78. The van der Waals surface area contributed by atoms with Crippen LogP contribution in [0.5, 0.6) is 0 Å². The first-order valence-electron chi connectivity index (χ1n) is 5.19. The number of pyridine rings is 1. The summed E-state index contributed by atoms with van der Waals surface area (Å²) >= 11 is 5.93. The van der Waals surface area contributed by atoms with Crippen LogP contribution in [0.4, 0.5) is 0 Å². The Bertz CT molecular complexity index is 397. The second-order valence-corrected chi connectivity index (χ2v) is 4.20. The summed E-state index contributed by atoms with van der Waals surface area (Å²) < 4.78 is 5.39. The standard InChI is InChI=1S/C11H13ClN2O2/c1-8-7-14(4-5-16-8)11(15)9-2-3-13-6-10(9)12/h2-3,6,8H,4-5,7H2,1H3. The first-order chi connectivity index (χ1) is 7.68. The first kappa shape index (κ1) is 11.4. The van der Waals surface area contributed by atoms with Gasteiger partial charge in [-0.2, -0.15) is 0 Å². The Morgan fingerprint density at radius 3 is 3.19 bits per heavy atom. The van der Waals surface area contributed by atoms with Crippen LogP contribution in [0.15, 0.2) is 18.5 Å². The van der Waals surface area contributed by atoms with Crippen molar-refractivity contribution >= 4 is 17.5 Å². The minimum atomic E-state index is -0.0532. The average molecular weight is 241 g/mol. The number of hydrogen-bond acceptors (Lipinski definition) is 3. The first-order valence-corrected chi connectivity index (χ1v) is 5.56. The van der Waals surface area contributed by atoms with E-state index in [1.165, 1.54) is 6.20 Å². The van der Waals surface area contributed by atoms with Gasteiger partial charge in [0.1, 0.15) is 0 Å². The van der Waals surface area contributed by atoms with Crippen LogP contribution in [0.2, 0.25) is 5.02 Å². The predicted octanol–water partition coefficient (Wildman–Crippen LogP) is 1.60. The largest absolute Gasteiger partial charge is 0.375 e. The molecule has 2 heterocycles. The van der Waals surface area contributed by atoms with Crippen LogP contribution < -0.4 is 0 Å². The van der Waals surface area contributed by atoms with Crippen molar-refractivity contribution in [2.75, 3.05) is 19.7 Å². The van der Waals surface area contributed by atoms with Crippen LogP contribution in [-0.2, 0) is 4.74 Å². The molecule has 1 unspecified atom stereocenters. The zero-order chi connectivity index (χ0) is 11.5. The Hall–Kier alpha value is -1.13. The fraction of sp³-hybridized carbons (Fsp3) is 0.455. The second-order valence-electron chi connectivity index (χ2n) is 3.79. The normalized spacial score (nSPS) is 20.9. The molecule has 1 aromatic rings. The van der Waals surface area contributed by atoms with Gasteiger partial charge in [0.15, 0.2) is 0 Å². The van der Waals surface area contributed by atoms with Crippen LogP contribution in [0.3, 0.4) is 0 Å². The Labute approximate surface area is 99.2 Å². The van der Waals surface area contributed by atoms with Crippen LogP contribution in [0.1, 0.15) is 17.3 Å². The number of hydrogen-bond donors (Lipinski definition) is 0. The van der Waals surface area contributed by atoms with Crippen molar-refractivity contribution in [2.24, 2.45) is 0 Å². The number of amides is 1. The molecule has 1 aliphatic heterocycles. The number of carbonyl (C=O) groups excluding carboxylic acids is 1. The summed E-state index contributed by atoms with van der Waals surface area (Å²) in [5, 5.41) is 0.395. The van der Waals surface area contributed by atoms with Gasteiger partial charge in [0.25, 0.3) is 5.91 Å². The fourth-order valence-electron chi connectivity index (χ4n) is 1.72. The third-order valence-electron chi connectivity index (χ3n) is 2.53. The highest BCUT2D eigenvalue weighted by atomic mass is 35.5. The molecule has 0 radical (unpaired) electrons. The molecule has 86 valence electrons. The topological polar surface area (TPSA) is 42.4 Å². The Morgan fingerprint density at radius 2 is 2.50 bits per heavy atom. The molecule has 2 rings (SSSR count). The number of nitrogens with zero attached hydrogens (tertiary/aromatic N) is 2. The lowest BCUT2D eigenvalue weighted by molar-refractivity contribution is -0.0124. The van der Waals surface area contributed by atoms with Gasteiger partial charge in [-0.15, -0.1) is 0 Å². The maximum absolute atomic E-state index is 12.1. The number of ether oxygens (including phenoxy) is 1. The van der Waals surface area contributed by atoms with Crippen LogP contribution in [-0.4, -0.2) is 41.6 Å². The molecule has 16 heavy (non-hydrogen) atoms. The summed E-state index contributed by atoms with van der Waals surface area (Å²) in [6.45, 7) is 3.75. The van der Waals surface area contributed by atoms with Gasteiger partial charge >= 0.3 is 0 Å². The molecule has 1 amide bonds. The Morgan fingerprint density at radius 1 is 1.69 bits per heavy atom. The molecule has 0 spiro atoms. The molecule has 5 heteroatoms. The molecule has 1 fully saturated rings. The van der Waals surface area contributed by atoms with E-state index in [4.69, 9.17) is 16.3 Å². The maximum atomic E-state index is 12.1. The molecule has 0 N–H and O–H groups in total. The van der Waals surface area contributed by atoms with E-state index in [9.17, 15) is 4.79 Å². The number of carbonyl (C=O) groups is 1. The lowest BCUT2D eigenvalue weighted by Crippen LogP contribution is -2.44. The third-order valence-corrected chi connectivity index (χ3v) is 2.83. The number of halogens is 1. The molecule has 0 bridgehead atoms. The van der Waals surface area contributed by atoms with Crippen molar-refractivity contribution in [2.45, 2.75) is 13.0 Å². The molecular weight excluding hydrogens is 228 g/mol. The van der Waals surface area contributed by atoms with Gasteiger partial charge in [0.2, 0.25) is 0 Å². The summed E-state index contributed by atoms with van der Waals surface area (Å²) in [4.78, 5) is 17.7. The highest BCUT2D eigenvalue weighted by Crippen LogP contribution is 2.17.